The molecule has 4 heteroatoms. The first-order valence-electron chi connectivity index (χ1n) is 4.56. The average molecular weight is 205 g/mol. The molecule has 2 heterocycles. The maximum atomic E-state index is 11.3. The Hall–Kier alpha value is -1.97. The van der Waals surface area contributed by atoms with Crippen LogP contribution >= 0.6 is 0 Å². The summed E-state index contributed by atoms with van der Waals surface area (Å²) in [6.07, 6.45) is 5.30. The summed E-state index contributed by atoms with van der Waals surface area (Å²) >= 11 is 0. The first-order valence-corrected chi connectivity index (χ1v) is 4.56. The van der Waals surface area contributed by atoms with E-state index in [0.717, 1.165) is 0 Å². The summed E-state index contributed by atoms with van der Waals surface area (Å²) in [5.41, 5.74) is 0.478. The second-order valence-electron chi connectivity index (χ2n) is 3.10. The third kappa shape index (κ3) is 1.93. The number of carbonyl (C=O) groups is 1. The van der Waals surface area contributed by atoms with Crippen LogP contribution in [0.4, 0.5) is 0 Å². The zero-order valence-electron chi connectivity index (χ0n) is 8.34. The minimum Gasteiger partial charge on any atom is -0.467 e. The van der Waals surface area contributed by atoms with Crippen molar-refractivity contribution in [1.29, 1.82) is 0 Å². The van der Waals surface area contributed by atoms with E-state index in [1.54, 1.807) is 6.07 Å². The maximum absolute atomic E-state index is 11.3. The Morgan fingerprint density at radius 2 is 2.20 bits per heavy atom. The number of esters is 1. The fourth-order valence-corrected chi connectivity index (χ4v) is 1.40. The molecule has 0 aliphatic rings. The molecule has 0 bridgehead atoms. The van der Waals surface area contributed by atoms with Crippen molar-refractivity contribution < 1.29 is 13.9 Å². The molecule has 78 valence electrons. The number of hydrogen-bond acceptors (Lipinski definition) is 3. The van der Waals surface area contributed by atoms with Crippen molar-refractivity contribution in [3.8, 4) is 0 Å². The van der Waals surface area contributed by atoms with E-state index in [0.29, 0.717) is 17.9 Å². The predicted molar refractivity (Wildman–Crippen MR) is 53.6 cm³/mol. The average Bonchev–Trinajstić information content (AvgIpc) is 2.88. The SMILES string of the molecule is COC(=O)c1ccoc1Cn1cccc1. The molecule has 0 saturated heterocycles. The monoisotopic (exact) mass is 205 g/mol. The molecule has 0 spiro atoms. The van der Waals surface area contributed by atoms with E-state index in [9.17, 15) is 4.79 Å². The molecular formula is C11H11NO3. The summed E-state index contributed by atoms with van der Waals surface area (Å²) < 4.78 is 11.8. The lowest BCUT2D eigenvalue weighted by molar-refractivity contribution is 0.0598. The lowest BCUT2D eigenvalue weighted by atomic mass is 10.2. The molecule has 15 heavy (non-hydrogen) atoms. The van der Waals surface area contributed by atoms with Gasteiger partial charge in [-0.1, -0.05) is 0 Å². The summed E-state index contributed by atoms with van der Waals surface area (Å²) in [4.78, 5) is 11.3. The van der Waals surface area contributed by atoms with Crippen molar-refractivity contribution in [2.75, 3.05) is 7.11 Å². The fourth-order valence-electron chi connectivity index (χ4n) is 1.40. The van der Waals surface area contributed by atoms with Gasteiger partial charge in [-0.15, -0.1) is 0 Å². The molecule has 0 radical (unpaired) electrons. The number of carbonyl (C=O) groups excluding carboxylic acids is 1. The number of methoxy groups -OCH3 is 1. The number of furan rings is 1. The summed E-state index contributed by atoms with van der Waals surface area (Å²) in [5.74, 6) is 0.240. The molecule has 0 atom stereocenters. The first kappa shape index (κ1) is 9.58. The molecule has 0 N–H and O–H groups in total. The van der Waals surface area contributed by atoms with Gasteiger partial charge in [0.25, 0.3) is 0 Å². The highest BCUT2D eigenvalue weighted by Gasteiger charge is 2.14. The Balaban J connectivity index is 2.22. The van der Waals surface area contributed by atoms with E-state index in [1.807, 2.05) is 29.1 Å². The summed E-state index contributed by atoms with van der Waals surface area (Å²) in [5, 5.41) is 0. The van der Waals surface area contributed by atoms with Gasteiger partial charge in [0.15, 0.2) is 0 Å². The Labute approximate surface area is 87.1 Å². The van der Waals surface area contributed by atoms with Gasteiger partial charge < -0.3 is 13.7 Å². The van der Waals surface area contributed by atoms with Crippen molar-refractivity contribution in [2.45, 2.75) is 6.54 Å². The second kappa shape index (κ2) is 4.04. The number of ether oxygens (including phenoxy) is 1. The number of aromatic nitrogens is 1. The number of nitrogens with zero attached hydrogens (tertiary/aromatic N) is 1. The highest BCUT2D eigenvalue weighted by molar-refractivity contribution is 5.90. The van der Waals surface area contributed by atoms with Crippen molar-refractivity contribution >= 4 is 5.97 Å². The predicted octanol–water partition coefficient (Wildman–Crippen LogP) is 1.92. The van der Waals surface area contributed by atoms with Gasteiger partial charge in [0.1, 0.15) is 11.3 Å². The van der Waals surface area contributed by atoms with Gasteiger partial charge in [0, 0.05) is 12.4 Å². The lowest BCUT2D eigenvalue weighted by Gasteiger charge is -2.02. The van der Waals surface area contributed by atoms with Crippen LogP contribution in [0.25, 0.3) is 0 Å². The normalized spacial score (nSPS) is 10.2. The summed E-state index contributed by atoms with van der Waals surface area (Å²) in [7, 11) is 1.36. The molecule has 4 nitrogen and oxygen atoms in total. The molecule has 0 aliphatic carbocycles. The quantitative estimate of drug-likeness (QED) is 0.719. The lowest BCUT2D eigenvalue weighted by Crippen LogP contribution is -2.05. The van der Waals surface area contributed by atoms with Gasteiger partial charge in [-0.05, 0) is 18.2 Å². The van der Waals surface area contributed by atoms with Crippen molar-refractivity contribution in [2.24, 2.45) is 0 Å². The topological polar surface area (TPSA) is 44.4 Å². The van der Waals surface area contributed by atoms with Gasteiger partial charge in [-0.2, -0.15) is 0 Å². The fraction of sp³-hybridized carbons (Fsp3) is 0.182. The van der Waals surface area contributed by atoms with Crippen molar-refractivity contribution in [3.05, 3.63) is 48.2 Å². The van der Waals surface area contributed by atoms with Crippen LogP contribution in [0.15, 0.2) is 41.3 Å². The van der Waals surface area contributed by atoms with Gasteiger partial charge in [0.2, 0.25) is 0 Å². The highest BCUT2D eigenvalue weighted by Crippen LogP contribution is 2.13. The van der Waals surface area contributed by atoms with Gasteiger partial charge in [-0.25, -0.2) is 4.79 Å². The van der Waals surface area contributed by atoms with E-state index < -0.39 is 0 Å². The van der Waals surface area contributed by atoms with Gasteiger partial charge >= 0.3 is 5.97 Å². The molecule has 2 rings (SSSR count). The van der Waals surface area contributed by atoms with Gasteiger partial charge in [-0.3, -0.25) is 0 Å². The first-order chi connectivity index (χ1) is 7.31. The molecule has 0 aromatic carbocycles. The molecular weight excluding hydrogens is 194 g/mol. The summed E-state index contributed by atoms with van der Waals surface area (Å²) in [6, 6.07) is 5.45. The smallest absolute Gasteiger partial charge is 0.341 e. The second-order valence-corrected chi connectivity index (χ2v) is 3.10. The maximum Gasteiger partial charge on any atom is 0.341 e. The van der Waals surface area contributed by atoms with E-state index in [-0.39, 0.29) is 5.97 Å². The van der Waals surface area contributed by atoms with E-state index in [1.165, 1.54) is 13.4 Å². The Morgan fingerprint density at radius 3 is 2.87 bits per heavy atom. The van der Waals surface area contributed by atoms with Gasteiger partial charge in [0.05, 0.1) is 19.9 Å². The van der Waals surface area contributed by atoms with Crippen LogP contribution in [0.1, 0.15) is 16.1 Å². The largest absolute Gasteiger partial charge is 0.467 e. The molecule has 0 unspecified atom stereocenters. The molecule has 0 amide bonds. The number of rotatable bonds is 3. The van der Waals surface area contributed by atoms with Crippen LogP contribution in [-0.2, 0) is 11.3 Å². The van der Waals surface area contributed by atoms with E-state index >= 15 is 0 Å². The molecule has 2 aromatic rings. The zero-order valence-corrected chi connectivity index (χ0v) is 8.34. The van der Waals surface area contributed by atoms with Crippen LogP contribution in [0.3, 0.4) is 0 Å². The van der Waals surface area contributed by atoms with Crippen LogP contribution in [-0.4, -0.2) is 17.6 Å². The molecule has 0 saturated carbocycles. The third-order valence-electron chi connectivity index (χ3n) is 2.14. The summed E-state index contributed by atoms with van der Waals surface area (Å²) in [6.45, 7) is 0.532. The van der Waals surface area contributed by atoms with Crippen molar-refractivity contribution in [3.63, 3.8) is 0 Å². The zero-order chi connectivity index (χ0) is 10.7. The van der Waals surface area contributed by atoms with E-state index in [4.69, 9.17) is 4.42 Å². The van der Waals surface area contributed by atoms with Crippen LogP contribution in [0, 0.1) is 0 Å². The molecule has 0 aliphatic heterocycles. The number of hydrogen-bond donors (Lipinski definition) is 0. The van der Waals surface area contributed by atoms with Crippen LogP contribution < -0.4 is 0 Å². The van der Waals surface area contributed by atoms with Crippen LogP contribution in [0.2, 0.25) is 0 Å². The highest BCUT2D eigenvalue weighted by atomic mass is 16.5. The van der Waals surface area contributed by atoms with E-state index in [2.05, 4.69) is 4.74 Å². The standard InChI is InChI=1S/C11H11NO3/c1-14-11(13)9-4-7-15-10(9)8-12-5-2-3-6-12/h2-7H,8H2,1H3. The minimum atomic E-state index is -0.370. The molecule has 0 fully saturated rings. The Morgan fingerprint density at radius 1 is 1.47 bits per heavy atom. The Bertz CT molecular complexity index is 442. The van der Waals surface area contributed by atoms with Crippen LogP contribution in [0.5, 0.6) is 0 Å². The third-order valence-corrected chi connectivity index (χ3v) is 2.14. The van der Waals surface area contributed by atoms with Crippen molar-refractivity contribution in [1.82, 2.24) is 4.57 Å². The Kier molecular flexibility index (Phi) is 2.58. The molecule has 2 aromatic heterocycles. The minimum absolute atomic E-state index is 0.370.